The van der Waals surface area contributed by atoms with Gasteiger partial charge < -0.3 is 19.5 Å². The molecule has 1 heterocycles. The van der Waals surface area contributed by atoms with Crippen molar-refractivity contribution in [3.8, 4) is 11.5 Å². The van der Waals surface area contributed by atoms with Crippen LogP contribution in [0.1, 0.15) is 46.4 Å². The van der Waals surface area contributed by atoms with Gasteiger partial charge in [0.15, 0.2) is 5.78 Å². The molecular weight excluding hydrogens is 298 g/mol. The van der Waals surface area contributed by atoms with E-state index in [2.05, 4.69) is 4.90 Å². The zero-order chi connectivity index (χ0) is 16.8. The summed E-state index contributed by atoms with van der Waals surface area (Å²) in [6.45, 7) is 2.73. The molecule has 1 aromatic carbocycles. The Morgan fingerprint density at radius 2 is 1.65 bits per heavy atom. The van der Waals surface area contributed by atoms with Crippen LogP contribution in [0.2, 0.25) is 0 Å². The summed E-state index contributed by atoms with van der Waals surface area (Å²) in [6, 6.07) is 2.80. The first-order chi connectivity index (χ1) is 11.1. The number of aromatic carboxylic acids is 1. The van der Waals surface area contributed by atoms with Gasteiger partial charge in [-0.05, 0) is 32.0 Å². The van der Waals surface area contributed by atoms with Gasteiger partial charge in [0.05, 0.1) is 19.8 Å². The molecule has 6 heteroatoms. The van der Waals surface area contributed by atoms with E-state index >= 15 is 0 Å². The largest absolute Gasteiger partial charge is 0.496 e. The molecule has 0 bridgehead atoms. The fourth-order valence-electron chi connectivity index (χ4n) is 2.86. The van der Waals surface area contributed by atoms with Gasteiger partial charge in [0, 0.05) is 19.0 Å². The predicted octanol–water partition coefficient (Wildman–Crippen LogP) is 2.46. The second kappa shape index (κ2) is 7.97. The average molecular weight is 321 g/mol. The van der Waals surface area contributed by atoms with Crippen LogP contribution in [-0.4, -0.2) is 55.6 Å². The lowest BCUT2D eigenvalue weighted by Gasteiger charge is -2.26. The first-order valence-corrected chi connectivity index (χ1v) is 7.81. The minimum atomic E-state index is -1.13. The number of piperidine rings is 1. The molecule has 0 aromatic heterocycles. The Labute approximate surface area is 136 Å². The highest BCUT2D eigenvalue weighted by Crippen LogP contribution is 2.30. The maximum absolute atomic E-state index is 12.5. The lowest BCUT2D eigenvalue weighted by Crippen LogP contribution is -2.31. The molecule has 6 nitrogen and oxygen atoms in total. The summed E-state index contributed by atoms with van der Waals surface area (Å²) in [5, 5.41) is 9.26. The number of benzene rings is 1. The maximum Gasteiger partial charge on any atom is 0.339 e. The number of nitrogens with zero attached hydrogens (tertiary/aromatic N) is 1. The summed E-state index contributed by atoms with van der Waals surface area (Å²) >= 11 is 0. The van der Waals surface area contributed by atoms with E-state index in [0.29, 0.717) is 24.3 Å². The van der Waals surface area contributed by atoms with Crippen LogP contribution in [0.25, 0.3) is 0 Å². The van der Waals surface area contributed by atoms with E-state index in [1.54, 1.807) is 0 Å². The summed E-state index contributed by atoms with van der Waals surface area (Å²) in [5.74, 6) is -0.718. The van der Waals surface area contributed by atoms with Gasteiger partial charge in [-0.25, -0.2) is 4.79 Å². The van der Waals surface area contributed by atoms with Crippen molar-refractivity contribution in [3.63, 3.8) is 0 Å². The molecule has 126 valence electrons. The van der Waals surface area contributed by atoms with Crippen molar-refractivity contribution in [2.75, 3.05) is 33.9 Å². The standard InChI is InChI=1S/C17H23NO5/c1-22-15-11-16(23-2)13(17(20)21)10-12(15)14(19)6-9-18-7-4-3-5-8-18/h10-11H,3-9H2,1-2H3,(H,20,21). The monoisotopic (exact) mass is 321 g/mol. The van der Waals surface area contributed by atoms with Crippen LogP contribution in [0.3, 0.4) is 0 Å². The number of carboxylic acid groups (broad SMARTS) is 1. The lowest BCUT2D eigenvalue weighted by molar-refractivity contribution is 0.0693. The predicted molar refractivity (Wildman–Crippen MR) is 85.7 cm³/mol. The summed E-state index contributed by atoms with van der Waals surface area (Å²) in [7, 11) is 2.84. The Balaban J connectivity index is 2.17. The van der Waals surface area contributed by atoms with Crippen molar-refractivity contribution in [1.29, 1.82) is 0 Å². The Morgan fingerprint density at radius 1 is 1.04 bits per heavy atom. The van der Waals surface area contributed by atoms with Crippen LogP contribution in [0.4, 0.5) is 0 Å². The first kappa shape index (κ1) is 17.3. The average Bonchev–Trinajstić information content (AvgIpc) is 2.59. The number of ketones is 1. The number of ether oxygens (including phenoxy) is 2. The zero-order valence-corrected chi connectivity index (χ0v) is 13.6. The quantitative estimate of drug-likeness (QED) is 0.778. The van der Waals surface area contributed by atoms with Gasteiger partial charge in [-0.3, -0.25) is 4.79 Å². The molecule has 0 radical (unpaired) electrons. The highest BCUT2D eigenvalue weighted by Gasteiger charge is 2.21. The van der Waals surface area contributed by atoms with Crippen molar-refractivity contribution in [2.24, 2.45) is 0 Å². The van der Waals surface area contributed by atoms with E-state index in [4.69, 9.17) is 9.47 Å². The van der Waals surface area contributed by atoms with Crippen LogP contribution in [0, 0.1) is 0 Å². The lowest BCUT2D eigenvalue weighted by atomic mass is 10.0. The van der Waals surface area contributed by atoms with Crippen LogP contribution in [-0.2, 0) is 0 Å². The van der Waals surface area contributed by atoms with Crippen LogP contribution in [0.5, 0.6) is 11.5 Å². The van der Waals surface area contributed by atoms with E-state index in [9.17, 15) is 14.7 Å². The molecule has 0 atom stereocenters. The summed E-state index contributed by atoms with van der Waals surface area (Å²) < 4.78 is 10.3. The Hall–Kier alpha value is -2.08. The zero-order valence-electron chi connectivity index (χ0n) is 13.6. The Morgan fingerprint density at radius 3 is 2.22 bits per heavy atom. The SMILES string of the molecule is COc1cc(OC)c(C(=O)CCN2CCCCC2)cc1C(=O)O. The molecule has 1 saturated heterocycles. The van der Waals surface area contributed by atoms with Gasteiger partial charge in [0.1, 0.15) is 17.1 Å². The molecule has 1 fully saturated rings. The third-order valence-electron chi connectivity index (χ3n) is 4.16. The topological polar surface area (TPSA) is 76.1 Å². The Bertz CT molecular complexity index is 579. The second-order valence-corrected chi connectivity index (χ2v) is 5.63. The molecule has 23 heavy (non-hydrogen) atoms. The molecule has 1 N–H and O–H groups in total. The molecule has 1 aliphatic heterocycles. The molecule has 1 aliphatic rings. The van der Waals surface area contributed by atoms with E-state index in [-0.39, 0.29) is 17.1 Å². The molecule has 0 spiro atoms. The van der Waals surface area contributed by atoms with Gasteiger partial charge >= 0.3 is 5.97 Å². The number of Topliss-reactive ketones (excluding diaryl/α,β-unsaturated/α-hetero) is 1. The number of hydrogen-bond acceptors (Lipinski definition) is 5. The fraction of sp³-hybridized carbons (Fsp3) is 0.529. The number of carbonyl (C=O) groups is 2. The number of hydrogen-bond donors (Lipinski definition) is 1. The van der Waals surface area contributed by atoms with Crippen molar-refractivity contribution < 1.29 is 24.2 Å². The number of rotatable bonds is 7. The van der Waals surface area contributed by atoms with E-state index in [1.807, 2.05) is 0 Å². The van der Waals surface area contributed by atoms with Gasteiger partial charge in [0.2, 0.25) is 0 Å². The highest BCUT2D eigenvalue weighted by molar-refractivity contribution is 6.02. The molecule has 1 aromatic rings. The molecule has 0 unspecified atom stereocenters. The minimum Gasteiger partial charge on any atom is -0.496 e. The smallest absolute Gasteiger partial charge is 0.339 e. The molecule has 0 aliphatic carbocycles. The number of methoxy groups -OCH3 is 2. The van der Waals surface area contributed by atoms with Crippen molar-refractivity contribution >= 4 is 11.8 Å². The highest BCUT2D eigenvalue weighted by atomic mass is 16.5. The minimum absolute atomic E-state index is 0.0328. The van der Waals surface area contributed by atoms with E-state index in [0.717, 1.165) is 13.1 Å². The van der Waals surface area contributed by atoms with Crippen LogP contribution < -0.4 is 9.47 Å². The van der Waals surface area contributed by atoms with Gasteiger partial charge in [-0.1, -0.05) is 6.42 Å². The van der Waals surface area contributed by atoms with Gasteiger partial charge in [0.25, 0.3) is 0 Å². The third-order valence-corrected chi connectivity index (χ3v) is 4.16. The number of carboxylic acids is 1. The Kier molecular flexibility index (Phi) is 5.98. The fourth-order valence-corrected chi connectivity index (χ4v) is 2.86. The van der Waals surface area contributed by atoms with Crippen molar-refractivity contribution in [1.82, 2.24) is 4.90 Å². The molecular formula is C17H23NO5. The maximum atomic E-state index is 12.5. The third kappa shape index (κ3) is 4.22. The van der Waals surface area contributed by atoms with E-state index in [1.165, 1.54) is 45.6 Å². The normalized spacial score (nSPS) is 15.2. The van der Waals surface area contributed by atoms with Crippen molar-refractivity contribution in [2.45, 2.75) is 25.7 Å². The van der Waals surface area contributed by atoms with Crippen LogP contribution in [0.15, 0.2) is 12.1 Å². The van der Waals surface area contributed by atoms with Crippen LogP contribution >= 0.6 is 0 Å². The molecule has 2 rings (SSSR count). The summed E-state index contributed by atoms with van der Waals surface area (Å²) in [5.41, 5.74) is 0.261. The molecule has 0 saturated carbocycles. The summed E-state index contributed by atoms with van der Waals surface area (Å²) in [4.78, 5) is 26.1. The molecule has 0 amide bonds. The first-order valence-electron chi connectivity index (χ1n) is 7.81. The van der Waals surface area contributed by atoms with Crippen molar-refractivity contribution in [3.05, 3.63) is 23.3 Å². The van der Waals surface area contributed by atoms with E-state index < -0.39 is 5.97 Å². The number of likely N-dealkylation sites (tertiary alicyclic amines) is 1. The van der Waals surface area contributed by atoms with Gasteiger partial charge in [-0.15, -0.1) is 0 Å². The van der Waals surface area contributed by atoms with Gasteiger partial charge in [-0.2, -0.15) is 0 Å². The summed E-state index contributed by atoms with van der Waals surface area (Å²) in [6.07, 6.45) is 3.94. The second-order valence-electron chi connectivity index (χ2n) is 5.63. The number of carbonyl (C=O) groups excluding carboxylic acids is 1.